The second-order valence-corrected chi connectivity index (χ2v) is 12.6. The van der Waals surface area contributed by atoms with Crippen LogP contribution >= 0.6 is 0 Å². The van der Waals surface area contributed by atoms with E-state index < -0.39 is 22.0 Å². The summed E-state index contributed by atoms with van der Waals surface area (Å²) in [5.41, 5.74) is 3.58. The average Bonchev–Trinajstić information content (AvgIpc) is 2.43. The Labute approximate surface area is 109 Å². The van der Waals surface area contributed by atoms with E-state index in [9.17, 15) is 0 Å². The summed E-state index contributed by atoms with van der Waals surface area (Å²) in [7, 11) is 0. The van der Waals surface area contributed by atoms with E-state index in [4.69, 9.17) is 0 Å². The van der Waals surface area contributed by atoms with Crippen LogP contribution in [0.5, 0.6) is 0 Å². The van der Waals surface area contributed by atoms with Gasteiger partial charge in [0.05, 0.1) is 0 Å². The molecule has 1 aromatic rings. The Morgan fingerprint density at radius 3 is 1.31 bits per heavy atom. The van der Waals surface area contributed by atoms with Gasteiger partial charge in [0, 0.05) is 0 Å². The molecule has 0 saturated heterocycles. The maximum absolute atomic E-state index is 2.70. The number of aromatic nitrogens is 1. The summed E-state index contributed by atoms with van der Waals surface area (Å²) >= 11 is -1.41. The third-order valence-electron chi connectivity index (χ3n) is 2.86. The van der Waals surface area contributed by atoms with E-state index in [1.165, 1.54) is 11.4 Å². The zero-order valence-electron chi connectivity index (χ0n) is 12.1. The predicted molar refractivity (Wildman–Crippen MR) is 69.0 cm³/mol. The molecule has 1 rings (SSSR count). The van der Waals surface area contributed by atoms with E-state index in [1.807, 2.05) is 0 Å². The minimum absolute atomic E-state index is 0.265. The van der Waals surface area contributed by atoms with E-state index >= 15 is 0 Å². The number of hydrogen-bond donors (Lipinski definition) is 0. The van der Waals surface area contributed by atoms with Crippen LogP contribution in [0.1, 0.15) is 52.9 Å². The Morgan fingerprint density at radius 2 is 1.12 bits per heavy atom. The molecule has 1 heterocycles. The van der Waals surface area contributed by atoms with Crippen molar-refractivity contribution in [2.45, 2.75) is 61.6 Å². The fourth-order valence-corrected chi connectivity index (χ4v) is 6.47. The molecule has 0 amide bonds. The van der Waals surface area contributed by atoms with Crippen LogP contribution in [0.2, 0.25) is 9.26 Å². The van der Waals surface area contributed by atoms with E-state index in [0.29, 0.717) is 0 Å². The minimum atomic E-state index is -1.41. The molecular weight excluding hydrogens is 273 g/mol. The van der Waals surface area contributed by atoms with Gasteiger partial charge >= 0.3 is 110 Å². The van der Waals surface area contributed by atoms with Crippen molar-refractivity contribution in [1.29, 1.82) is 0 Å². The summed E-state index contributed by atoms with van der Waals surface area (Å²) in [6, 6.07) is 4.68. The molecule has 0 bridgehead atoms. The molecule has 0 aliphatic heterocycles. The molecule has 1 aromatic heterocycles. The van der Waals surface area contributed by atoms with Gasteiger partial charge in [-0.15, -0.1) is 0 Å². The first-order chi connectivity index (χ1) is 7.05. The van der Waals surface area contributed by atoms with E-state index in [1.54, 1.807) is 0 Å². The Bertz CT molecular complexity index is 330. The predicted octanol–water partition coefficient (Wildman–Crippen LogP) is 4.56. The molecule has 1 nitrogen and oxygen atoms in total. The van der Waals surface area contributed by atoms with E-state index in [2.05, 4.69) is 65.4 Å². The summed E-state index contributed by atoms with van der Waals surface area (Å²) in [6.07, 6.45) is 0. The zero-order chi connectivity index (χ0) is 12.7. The molecular formula is C14H26NZr. The third kappa shape index (κ3) is 2.89. The molecule has 0 aliphatic rings. The van der Waals surface area contributed by atoms with Gasteiger partial charge in [-0.2, -0.15) is 0 Å². The Hall–Kier alpha value is 0.163. The maximum atomic E-state index is 2.70. The second kappa shape index (κ2) is 4.44. The molecule has 91 valence electrons. The summed E-state index contributed by atoms with van der Waals surface area (Å²) < 4.78 is 7.63. The molecule has 0 radical (unpaired) electrons. The van der Waals surface area contributed by atoms with Crippen LogP contribution in [0.4, 0.5) is 0 Å². The number of rotatable bonds is 1. The average molecular weight is 300 g/mol. The first kappa shape index (κ1) is 14.2. The van der Waals surface area contributed by atoms with Crippen molar-refractivity contribution in [1.82, 2.24) is 2.51 Å². The van der Waals surface area contributed by atoms with Gasteiger partial charge in [-0.25, -0.2) is 0 Å². The Morgan fingerprint density at radius 1 is 0.812 bits per heavy atom. The topological polar surface area (TPSA) is 4.93 Å². The molecule has 0 atom stereocenters. The molecule has 0 spiro atoms. The SMILES string of the molecule is [CH3][Zr]([CH3])[n]1c(C(C)(C)C)ccc1C(C)(C)C. The third-order valence-corrected chi connectivity index (χ3v) is 6.25. The van der Waals surface area contributed by atoms with Gasteiger partial charge < -0.3 is 0 Å². The fourth-order valence-electron chi connectivity index (χ4n) is 2.09. The van der Waals surface area contributed by atoms with E-state index in [-0.39, 0.29) is 10.8 Å². The molecule has 0 aliphatic carbocycles. The second-order valence-electron chi connectivity index (χ2n) is 6.89. The molecule has 2 heteroatoms. The molecule has 0 saturated carbocycles. The van der Waals surface area contributed by atoms with Crippen LogP contribution < -0.4 is 0 Å². The van der Waals surface area contributed by atoms with Crippen molar-refractivity contribution >= 4 is 0 Å². The first-order valence-corrected chi connectivity index (χ1v) is 12.1. The van der Waals surface area contributed by atoms with Crippen molar-refractivity contribution < 1.29 is 22.0 Å². The van der Waals surface area contributed by atoms with Crippen LogP contribution in [0.3, 0.4) is 0 Å². The Balaban J connectivity index is 3.41. The first-order valence-electron chi connectivity index (χ1n) is 6.08. The van der Waals surface area contributed by atoms with Gasteiger partial charge in [0.2, 0.25) is 0 Å². The van der Waals surface area contributed by atoms with Gasteiger partial charge in [0.1, 0.15) is 0 Å². The van der Waals surface area contributed by atoms with Crippen LogP contribution in [0.25, 0.3) is 0 Å². The molecule has 0 N–H and O–H groups in total. The van der Waals surface area contributed by atoms with Crippen molar-refractivity contribution in [2.75, 3.05) is 0 Å². The quantitative estimate of drug-likeness (QED) is 0.716. The molecule has 0 fully saturated rings. The monoisotopic (exact) mass is 298 g/mol. The molecule has 0 unspecified atom stereocenters. The summed E-state index contributed by atoms with van der Waals surface area (Å²) in [5, 5.41) is 0. The van der Waals surface area contributed by atoms with Crippen molar-refractivity contribution in [2.24, 2.45) is 0 Å². The van der Waals surface area contributed by atoms with Gasteiger partial charge in [0.25, 0.3) is 0 Å². The van der Waals surface area contributed by atoms with Crippen molar-refractivity contribution in [3.05, 3.63) is 23.5 Å². The summed E-state index contributed by atoms with van der Waals surface area (Å²) in [6.45, 7) is 13.9. The van der Waals surface area contributed by atoms with Crippen LogP contribution in [0.15, 0.2) is 12.1 Å². The van der Waals surface area contributed by atoms with Crippen LogP contribution in [-0.4, -0.2) is 2.51 Å². The Kier molecular flexibility index (Phi) is 3.95. The van der Waals surface area contributed by atoms with Gasteiger partial charge in [-0.05, 0) is 0 Å². The molecule has 0 aromatic carbocycles. The standard InChI is InChI=1S/C12H20N.2CH3.Zr/c1-11(2,3)9-7-8-10(13-9)12(4,5)6;;;/h7-8H,1-6H3;2*1H3;/q-1;;;+1. The van der Waals surface area contributed by atoms with Gasteiger partial charge in [-0.3, -0.25) is 0 Å². The van der Waals surface area contributed by atoms with Crippen LogP contribution in [-0.2, 0) is 32.9 Å². The normalized spacial score (nSPS) is 13.0. The zero-order valence-corrected chi connectivity index (χ0v) is 14.6. The van der Waals surface area contributed by atoms with Crippen LogP contribution in [0, 0.1) is 0 Å². The fraction of sp³-hybridized carbons (Fsp3) is 0.714. The summed E-state index contributed by atoms with van der Waals surface area (Å²) in [4.78, 5) is 0. The molecule has 16 heavy (non-hydrogen) atoms. The number of nitrogens with zero attached hydrogens (tertiary/aromatic N) is 1. The van der Waals surface area contributed by atoms with Crippen molar-refractivity contribution in [3.63, 3.8) is 0 Å². The van der Waals surface area contributed by atoms with E-state index in [0.717, 1.165) is 0 Å². The van der Waals surface area contributed by atoms with Gasteiger partial charge in [-0.1, -0.05) is 0 Å². The van der Waals surface area contributed by atoms with Gasteiger partial charge in [0.15, 0.2) is 0 Å². The van der Waals surface area contributed by atoms with Crippen molar-refractivity contribution in [3.8, 4) is 0 Å². The number of hydrogen-bond acceptors (Lipinski definition) is 0. The summed E-state index contributed by atoms with van der Waals surface area (Å²) in [5.74, 6) is 0.